The van der Waals surface area contributed by atoms with E-state index in [1.807, 2.05) is 37.3 Å². The molecule has 1 aliphatic heterocycles. The smallest absolute Gasteiger partial charge is 0.224 e. The van der Waals surface area contributed by atoms with Crippen molar-refractivity contribution in [2.24, 2.45) is 0 Å². The van der Waals surface area contributed by atoms with E-state index in [1.165, 1.54) is 6.92 Å². The monoisotopic (exact) mass is 229 g/mol. The lowest BCUT2D eigenvalue weighted by Gasteiger charge is -2.32. The lowest BCUT2D eigenvalue weighted by atomic mass is 9.94. The number of rotatable bonds is 2. The number of allylic oxidation sites excluding steroid dienone is 1. The van der Waals surface area contributed by atoms with Crippen LogP contribution >= 0.6 is 0 Å². The van der Waals surface area contributed by atoms with Gasteiger partial charge in [0.1, 0.15) is 12.3 Å². The highest BCUT2D eigenvalue weighted by Gasteiger charge is 2.27. The third kappa shape index (κ3) is 1.88. The van der Waals surface area contributed by atoms with Crippen LogP contribution in [0.4, 0.5) is 5.69 Å². The van der Waals surface area contributed by atoms with Gasteiger partial charge in [-0.1, -0.05) is 31.2 Å². The van der Waals surface area contributed by atoms with Gasteiger partial charge in [0.15, 0.2) is 0 Å². The first-order valence-corrected chi connectivity index (χ1v) is 5.74. The first kappa shape index (κ1) is 11.6. The van der Waals surface area contributed by atoms with Crippen LogP contribution in [0, 0.1) is 0 Å². The summed E-state index contributed by atoms with van der Waals surface area (Å²) in [6.07, 6.45) is 3.54. The molecule has 88 valence electrons. The van der Waals surface area contributed by atoms with Crippen molar-refractivity contribution in [2.75, 3.05) is 4.90 Å². The number of anilines is 1. The van der Waals surface area contributed by atoms with Crippen molar-refractivity contribution in [1.82, 2.24) is 0 Å². The zero-order valence-corrected chi connectivity index (χ0v) is 10.0. The number of carbonyl (C=O) groups is 2. The molecule has 1 aromatic rings. The quantitative estimate of drug-likeness (QED) is 0.730. The van der Waals surface area contributed by atoms with Crippen LogP contribution in [-0.4, -0.2) is 18.2 Å². The van der Waals surface area contributed by atoms with Crippen LogP contribution in [0.2, 0.25) is 0 Å². The Morgan fingerprint density at radius 2 is 2.12 bits per heavy atom. The van der Waals surface area contributed by atoms with Crippen LogP contribution in [0.15, 0.2) is 30.3 Å². The number of carbonyl (C=O) groups excluding carboxylic acids is 2. The fraction of sp³-hybridized carbons (Fsp3) is 0.286. The standard InChI is InChI=1S/C14H15NO2/c1-3-11-8-12(9-16)15(10(2)17)14-7-5-4-6-13(11)14/h4-9,12H,3H2,1-2H3/t12-/m1/s1. The summed E-state index contributed by atoms with van der Waals surface area (Å²) in [5.74, 6) is -0.110. The van der Waals surface area contributed by atoms with Crippen LogP contribution in [0.5, 0.6) is 0 Å². The van der Waals surface area contributed by atoms with Gasteiger partial charge in [-0.05, 0) is 18.1 Å². The van der Waals surface area contributed by atoms with Gasteiger partial charge in [-0.15, -0.1) is 0 Å². The second kappa shape index (κ2) is 4.53. The second-order valence-corrected chi connectivity index (χ2v) is 4.08. The highest BCUT2D eigenvalue weighted by Crippen LogP contribution is 2.35. The number of amides is 1. The van der Waals surface area contributed by atoms with E-state index < -0.39 is 6.04 Å². The van der Waals surface area contributed by atoms with Gasteiger partial charge in [-0.25, -0.2) is 0 Å². The van der Waals surface area contributed by atoms with Crippen LogP contribution < -0.4 is 4.90 Å². The molecule has 2 rings (SSSR count). The zero-order chi connectivity index (χ0) is 12.4. The van der Waals surface area contributed by atoms with Crippen LogP contribution in [0.1, 0.15) is 25.8 Å². The number of benzene rings is 1. The normalized spacial score (nSPS) is 18.4. The van der Waals surface area contributed by atoms with Crippen molar-refractivity contribution in [2.45, 2.75) is 26.3 Å². The third-order valence-corrected chi connectivity index (χ3v) is 3.04. The number of nitrogens with zero attached hydrogens (tertiary/aromatic N) is 1. The molecule has 0 saturated heterocycles. The minimum atomic E-state index is -0.475. The minimum absolute atomic E-state index is 0.110. The molecule has 0 aliphatic carbocycles. The van der Waals surface area contributed by atoms with Gasteiger partial charge in [-0.2, -0.15) is 0 Å². The number of para-hydroxylation sites is 1. The third-order valence-electron chi connectivity index (χ3n) is 3.04. The van der Waals surface area contributed by atoms with Crippen molar-refractivity contribution in [1.29, 1.82) is 0 Å². The Morgan fingerprint density at radius 3 is 2.71 bits per heavy atom. The van der Waals surface area contributed by atoms with E-state index in [-0.39, 0.29) is 5.91 Å². The number of fused-ring (bicyclic) bond motifs is 1. The molecule has 17 heavy (non-hydrogen) atoms. The largest absolute Gasteiger partial charge is 0.301 e. The molecule has 0 aromatic heterocycles. The molecule has 0 unspecified atom stereocenters. The molecule has 1 atom stereocenters. The van der Waals surface area contributed by atoms with E-state index >= 15 is 0 Å². The Kier molecular flexibility index (Phi) is 3.09. The SMILES string of the molecule is CCC1=C[C@H](C=O)N(C(C)=O)c2ccccc21. The maximum Gasteiger partial charge on any atom is 0.224 e. The Morgan fingerprint density at radius 1 is 1.41 bits per heavy atom. The van der Waals surface area contributed by atoms with E-state index in [2.05, 4.69) is 0 Å². The van der Waals surface area contributed by atoms with Gasteiger partial charge in [-0.3, -0.25) is 9.69 Å². The van der Waals surface area contributed by atoms with Gasteiger partial charge < -0.3 is 4.79 Å². The van der Waals surface area contributed by atoms with E-state index in [0.29, 0.717) is 0 Å². The zero-order valence-electron chi connectivity index (χ0n) is 10.0. The summed E-state index contributed by atoms with van der Waals surface area (Å²) in [7, 11) is 0. The fourth-order valence-corrected chi connectivity index (χ4v) is 2.27. The van der Waals surface area contributed by atoms with Crippen LogP contribution in [0.3, 0.4) is 0 Å². The van der Waals surface area contributed by atoms with Crippen molar-refractivity contribution in [3.8, 4) is 0 Å². The molecule has 1 aliphatic rings. The summed E-state index contributed by atoms with van der Waals surface area (Å²) in [6, 6.07) is 7.23. The number of hydrogen-bond acceptors (Lipinski definition) is 2. The average molecular weight is 229 g/mol. The lowest BCUT2D eigenvalue weighted by molar-refractivity contribution is -0.118. The van der Waals surface area contributed by atoms with Crippen LogP contribution in [-0.2, 0) is 9.59 Å². The summed E-state index contributed by atoms with van der Waals surface area (Å²) in [5.41, 5.74) is 3.00. The molecular weight excluding hydrogens is 214 g/mol. The Labute approximate surface area is 101 Å². The van der Waals surface area contributed by atoms with Crippen molar-refractivity contribution in [3.05, 3.63) is 35.9 Å². The van der Waals surface area contributed by atoms with E-state index in [4.69, 9.17) is 0 Å². The molecule has 0 spiro atoms. The minimum Gasteiger partial charge on any atom is -0.301 e. The molecule has 1 aromatic carbocycles. The average Bonchev–Trinajstić information content (AvgIpc) is 2.36. The highest BCUT2D eigenvalue weighted by molar-refractivity contribution is 6.02. The molecule has 0 N–H and O–H groups in total. The summed E-state index contributed by atoms with van der Waals surface area (Å²) in [5, 5.41) is 0. The van der Waals surface area contributed by atoms with Crippen LogP contribution in [0.25, 0.3) is 5.57 Å². The number of hydrogen-bond donors (Lipinski definition) is 0. The summed E-state index contributed by atoms with van der Waals surface area (Å²) >= 11 is 0. The van der Waals surface area contributed by atoms with Crippen molar-refractivity contribution >= 4 is 23.5 Å². The molecule has 3 heteroatoms. The predicted octanol–water partition coefficient (Wildman–Crippen LogP) is 2.41. The summed E-state index contributed by atoms with van der Waals surface area (Å²) in [6.45, 7) is 3.53. The maximum atomic E-state index is 11.7. The lowest BCUT2D eigenvalue weighted by Crippen LogP contribution is -2.41. The number of aldehydes is 1. The topological polar surface area (TPSA) is 37.4 Å². The predicted molar refractivity (Wildman–Crippen MR) is 67.7 cm³/mol. The molecule has 1 amide bonds. The van der Waals surface area contributed by atoms with E-state index in [9.17, 15) is 9.59 Å². The first-order chi connectivity index (χ1) is 8.19. The molecule has 1 heterocycles. The Hall–Kier alpha value is -1.90. The second-order valence-electron chi connectivity index (χ2n) is 4.08. The summed E-state index contributed by atoms with van der Waals surface area (Å²) in [4.78, 5) is 24.3. The van der Waals surface area contributed by atoms with Crippen molar-refractivity contribution in [3.63, 3.8) is 0 Å². The Balaban J connectivity index is 2.61. The molecule has 0 radical (unpaired) electrons. The van der Waals surface area contributed by atoms with Gasteiger partial charge >= 0.3 is 0 Å². The molecule has 0 bridgehead atoms. The fourth-order valence-electron chi connectivity index (χ4n) is 2.27. The van der Waals surface area contributed by atoms with Gasteiger partial charge in [0.05, 0.1) is 5.69 Å². The maximum absolute atomic E-state index is 11.7. The van der Waals surface area contributed by atoms with E-state index in [0.717, 1.165) is 29.5 Å². The summed E-state index contributed by atoms with van der Waals surface area (Å²) < 4.78 is 0. The molecule has 3 nitrogen and oxygen atoms in total. The van der Waals surface area contributed by atoms with Gasteiger partial charge in [0.2, 0.25) is 5.91 Å². The Bertz CT molecular complexity index is 491. The molecule has 0 fully saturated rings. The molecular formula is C14H15NO2. The van der Waals surface area contributed by atoms with Gasteiger partial charge in [0.25, 0.3) is 0 Å². The molecule has 0 saturated carbocycles. The first-order valence-electron chi connectivity index (χ1n) is 5.74. The van der Waals surface area contributed by atoms with Crippen molar-refractivity contribution < 1.29 is 9.59 Å². The highest BCUT2D eigenvalue weighted by atomic mass is 16.2. The van der Waals surface area contributed by atoms with E-state index in [1.54, 1.807) is 4.90 Å². The van der Waals surface area contributed by atoms with Gasteiger partial charge in [0, 0.05) is 12.5 Å².